The van der Waals surface area contributed by atoms with Gasteiger partial charge in [-0.3, -0.25) is 9.79 Å². The maximum atomic E-state index is 12.1. The van der Waals surface area contributed by atoms with Gasteiger partial charge in [-0.25, -0.2) is 4.79 Å². The van der Waals surface area contributed by atoms with Gasteiger partial charge < -0.3 is 9.84 Å². The molecule has 102 valence electrons. The average molecular weight is 354 g/mol. The number of benzene rings is 1. The topological polar surface area (TPSA) is 76.0 Å². The number of Topliss-reactive ketones (excluding diaryl/α,β-unsaturated/α-hetero) is 1. The summed E-state index contributed by atoms with van der Waals surface area (Å²) in [6.07, 6.45) is 0. The quantitative estimate of drug-likeness (QED) is 0.857. The van der Waals surface area contributed by atoms with Crippen LogP contribution in [0.5, 0.6) is 5.75 Å². The standard InChI is InChI=1S/C13H8BrNO4S/c1-19-7-4-8-5(2-6(7)14)3-9(20-8)12(16)10-11(15-10)13(17)18/h2-4,11H,1H3,(H,17,18)/t11-/m1/s1. The van der Waals surface area contributed by atoms with Gasteiger partial charge >= 0.3 is 5.97 Å². The predicted octanol–water partition coefficient (Wildman–Crippen LogP) is 2.76. The van der Waals surface area contributed by atoms with Crippen LogP contribution in [0, 0.1) is 0 Å². The molecule has 1 N–H and O–H groups in total. The van der Waals surface area contributed by atoms with Crippen LogP contribution in [-0.2, 0) is 4.79 Å². The predicted molar refractivity (Wildman–Crippen MR) is 79.3 cm³/mol. The number of methoxy groups -OCH3 is 1. The van der Waals surface area contributed by atoms with Crippen molar-refractivity contribution in [3.05, 3.63) is 27.5 Å². The number of ether oxygens (including phenoxy) is 1. The van der Waals surface area contributed by atoms with E-state index >= 15 is 0 Å². The van der Waals surface area contributed by atoms with Crippen molar-refractivity contribution < 1.29 is 19.4 Å². The molecule has 0 radical (unpaired) electrons. The Labute approximate surface area is 126 Å². The number of fused-ring (bicyclic) bond motifs is 1. The number of carbonyl (C=O) groups excluding carboxylic acids is 1. The third-order valence-corrected chi connectivity index (χ3v) is 4.66. The van der Waals surface area contributed by atoms with E-state index < -0.39 is 12.0 Å². The summed E-state index contributed by atoms with van der Waals surface area (Å²) in [7, 11) is 1.57. The molecular weight excluding hydrogens is 346 g/mol. The van der Waals surface area contributed by atoms with Gasteiger partial charge in [0.05, 0.1) is 16.5 Å². The first-order valence-corrected chi connectivity index (χ1v) is 7.24. The van der Waals surface area contributed by atoms with Crippen LogP contribution in [0.1, 0.15) is 9.67 Å². The SMILES string of the molecule is COc1cc2sc(C(=O)C3=N[C@H]3C(=O)O)cc2cc1Br. The molecule has 3 rings (SSSR count). The van der Waals surface area contributed by atoms with E-state index in [1.165, 1.54) is 11.3 Å². The minimum atomic E-state index is -1.08. The van der Waals surface area contributed by atoms with Crippen molar-refractivity contribution in [3.8, 4) is 5.75 Å². The number of halogens is 1. The molecule has 0 amide bonds. The van der Waals surface area contributed by atoms with E-state index in [0.29, 0.717) is 10.6 Å². The van der Waals surface area contributed by atoms with Gasteiger partial charge in [-0.1, -0.05) is 0 Å². The number of carboxylic acids is 1. The Kier molecular flexibility index (Phi) is 3.10. The number of aliphatic imine (C=N–C) groups is 1. The van der Waals surface area contributed by atoms with Crippen LogP contribution < -0.4 is 4.74 Å². The molecule has 20 heavy (non-hydrogen) atoms. The molecule has 1 aliphatic heterocycles. The molecule has 0 unspecified atom stereocenters. The van der Waals surface area contributed by atoms with Crippen LogP contribution in [0.25, 0.3) is 10.1 Å². The Morgan fingerprint density at radius 3 is 2.75 bits per heavy atom. The number of thiophene rings is 1. The molecule has 1 atom stereocenters. The number of hydrogen-bond acceptors (Lipinski definition) is 5. The Bertz CT molecular complexity index is 780. The van der Waals surface area contributed by atoms with Crippen molar-refractivity contribution in [2.75, 3.05) is 7.11 Å². The van der Waals surface area contributed by atoms with Gasteiger partial charge in [-0.15, -0.1) is 11.3 Å². The summed E-state index contributed by atoms with van der Waals surface area (Å²) in [5.41, 5.74) is 0.120. The fraction of sp³-hybridized carbons (Fsp3) is 0.154. The van der Waals surface area contributed by atoms with Gasteiger partial charge in [0.2, 0.25) is 5.78 Å². The molecule has 7 heteroatoms. The summed E-state index contributed by atoms with van der Waals surface area (Å²) < 4.78 is 6.91. The van der Waals surface area contributed by atoms with Gasteiger partial charge in [0.25, 0.3) is 0 Å². The molecule has 1 aromatic heterocycles. The van der Waals surface area contributed by atoms with E-state index in [4.69, 9.17) is 9.84 Å². The minimum absolute atomic E-state index is 0.120. The molecule has 0 fully saturated rings. The highest BCUT2D eigenvalue weighted by Gasteiger charge is 2.40. The van der Waals surface area contributed by atoms with Crippen LogP contribution >= 0.6 is 27.3 Å². The van der Waals surface area contributed by atoms with Crippen LogP contribution in [0.3, 0.4) is 0 Å². The van der Waals surface area contributed by atoms with E-state index in [9.17, 15) is 9.59 Å². The summed E-state index contributed by atoms with van der Waals surface area (Å²) in [5.74, 6) is -0.710. The average Bonchev–Trinajstić information content (AvgIpc) is 3.11. The maximum absolute atomic E-state index is 12.1. The molecule has 1 aromatic carbocycles. The van der Waals surface area contributed by atoms with Crippen LogP contribution in [0.2, 0.25) is 0 Å². The van der Waals surface area contributed by atoms with E-state index in [1.807, 2.05) is 12.1 Å². The first-order valence-electron chi connectivity index (χ1n) is 5.63. The zero-order chi connectivity index (χ0) is 14.4. The molecule has 0 saturated carbocycles. The van der Waals surface area contributed by atoms with Gasteiger partial charge in [0.1, 0.15) is 11.5 Å². The highest BCUT2D eigenvalue weighted by molar-refractivity contribution is 9.10. The Morgan fingerprint density at radius 2 is 2.15 bits per heavy atom. The van der Waals surface area contributed by atoms with Crippen LogP contribution in [0.4, 0.5) is 0 Å². The van der Waals surface area contributed by atoms with E-state index in [0.717, 1.165) is 14.6 Å². The fourth-order valence-corrected chi connectivity index (χ4v) is 3.44. The first kappa shape index (κ1) is 13.3. The second kappa shape index (κ2) is 4.68. The van der Waals surface area contributed by atoms with E-state index in [2.05, 4.69) is 20.9 Å². The largest absolute Gasteiger partial charge is 0.496 e. The lowest BCUT2D eigenvalue weighted by atomic mass is 10.1. The fourth-order valence-electron chi connectivity index (χ4n) is 1.89. The number of carbonyl (C=O) groups is 2. The summed E-state index contributed by atoms with van der Waals surface area (Å²) >= 11 is 4.69. The number of aliphatic carboxylic acids is 1. The Hall–Kier alpha value is -1.73. The summed E-state index contributed by atoms with van der Waals surface area (Å²) in [5, 5.41) is 9.68. The van der Waals surface area contributed by atoms with Crippen molar-refractivity contribution >= 4 is 54.8 Å². The monoisotopic (exact) mass is 353 g/mol. The molecule has 2 heterocycles. The van der Waals surface area contributed by atoms with E-state index in [-0.39, 0.29) is 11.5 Å². The number of carboxylic acid groups (broad SMARTS) is 1. The van der Waals surface area contributed by atoms with E-state index in [1.54, 1.807) is 13.2 Å². The lowest BCUT2D eigenvalue weighted by molar-refractivity contribution is -0.135. The molecule has 2 aromatic rings. The highest BCUT2D eigenvalue weighted by atomic mass is 79.9. The van der Waals surface area contributed by atoms with Crippen molar-refractivity contribution in [3.63, 3.8) is 0 Å². The second-order valence-corrected chi connectivity index (χ2v) is 6.16. The van der Waals surface area contributed by atoms with Crippen LogP contribution in [0.15, 0.2) is 27.7 Å². The summed E-state index contributed by atoms with van der Waals surface area (Å²) in [4.78, 5) is 27.0. The number of hydrogen-bond donors (Lipinski definition) is 1. The molecule has 0 aliphatic carbocycles. The van der Waals surface area contributed by atoms with Gasteiger partial charge in [-0.2, -0.15) is 0 Å². The third kappa shape index (κ3) is 2.12. The third-order valence-electron chi connectivity index (χ3n) is 2.94. The zero-order valence-corrected chi connectivity index (χ0v) is 12.6. The maximum Gasteiger partial charge on any atom is 0.334 e. The van der Waals surface area contributed by atoms with Crippen molar-refractivity contribution in [2.45, 2.75) is 6.04 Å². The summed E-state index contributed by atoms with van der Waals surface area (Å²) in [6.45, 7) is 0. The normalized spacial score (nSPS) is 16.9. The molecule has 1 aliphatic rings. The second-order valence-electron chi connectivity index (χ2n) is 4.22. The van der Waals surface area contributed by atoms with Gasteiger partial charge in [-0.05, 0) is 39.5 Å². The van der Waals surface area contributed by atoms with Crippen LogP contribution in [-0.4, -0.2) is 35.7 Å². The molecule has 0 bridgehead atoms. The van der Waals surface area contributed by atoms with Crippen molar-refractivity contribution in [1.82, 2.24) is 0 Å². The molecule has 5 nitrogen and oxygen atoms in total. The molecule has 0 saturated heterocycles. The summed E-state index contributed by atoms with van der Waals surface area (Å²) in [6, 6.07) is 4.48. The number of nitrogens with zero attached hydrogens (tertiary/aromatic N) is 1. The van der Waals surface area contributed by atoms with Gasteiger partial charge in [0, 0.05) is 4.70 Å². The first-order chi connectivity index (χ1) is 9.51. The number of ketones is 1. The van der Waals surface area contributed by atoms with Gasteiger partial charge in [0.15, 0.2) is 6.04 Å². The highest BCUT2D eigenvalue weighted by Crippen LogP contribution is 2.35. The van der Waals surface area contributed by atoms with Crippen molar-refractivity contribution in [2.24, 2.45) is 4.99 Å². The number of rotatable bonds is 4. The lowest BCUT2D eigenvalue weighted by Gasteiger charge is -2.01. The zero-order valence-electron chi connectivity index (χ0n) is 10.2. The smallest absolute Gasteiger partial charge is 0.334 e. The van der Waals surface area contributed by atoms with Crippen molar-refractivity contribution in [1.29, 1.82) is 0 Å². The Balaban J connectivity index is 1.96. The lowest BCUT2D eigenvalue weighted by Crippen LogP contribution is -2.17. The molecular formula is C13H8BrNO4S. The Morgan fingerprint density at radius 1 is 1.40 bits per heavy atom. The molecule has 0 spiro atoms. The minimum Gasteiger partial charge on any atom is -0.496 e.